The molecule has 0 spiro atoms. The first-order valence-corrected chi connectivity index (χ1v) is 11.1. The number of nitrogens with two attached hydrogens (primary N) is 1. The fourth-order valence-corrected chi connectivity index (χ4v) is 4.86. The molecular weight excluding hydrogens is 402 g/mol. The lowest BCUT2D eigenvalue weighted by Crippen LogP contribution is -2.44. The highest BCUT2D eigenvalue weighted by Crippen LogP contribution is 2.42. The average molecular weight is 432 g/mol. The van der Waals surface area contributed by atoms with Gasteiger partial charge >= 0.3 is 0 Å². The summed E-state index contributed by atoms with van der Waals surface area (Å²) in [4.78, 5) is 26.6. The fourth-order valence-electron chi connectivity index (χ4n) is 4.86. The van der Waals surface area contributed by atoms with Crippen LogP contribution in [0.25, 0.3) is 11.4 Å². The number of carbonyl (C=O) groups is 1. The van der Waals surface area contributed by atoms with E-state index in [4.69, 9.17) is 5.73 Å². The van der Waals surface area contributed by atoms with Gasteiger partial charge in [-0.25, -0.2) is 9.97 Å². The molecule has 166 valence electrons. The van der Waals surface area contributed by atoms with Crippen molar-refractivity contribution in [1.82, 2.24) is 25.1 Å². The van der Waals surface area contributed by atoms with E-state index < -0.39 is 0 Å². The number of H-pyrrole nitrogens is 1. The number of rotatable bonds is 4. The van der Waals surface area contributed by atoms with Crippen molar-refractivity contribution in [3.8, 4) is 11.4 Å². The van der Waals surface area contributed by atoms with Crippen molar-refractivity contribution in [2.24, 2.45) is 0 Å². The molecule has 3 N–H and O–H groups in total. The van der Waals surface area contributed by atoms with Crippen molar-refractivity contribution in [1.29, 1.82) is 0 Å². The summed E-state index contributed by atoms with van der Waals surface area (Å²) in [5.74, 6) is 0.246. The third-order valence-electron chi connectivity index (χ3n) is 6.63. The monoisotopic (exact) mass is 431 g/mol. The summed E-state index contributed by atoms with van der Waals surface area (Å²) < 4.78 is 0. The number of ketones is 1. The number of nitrogens with zero attached hydrogens (tertiary/aromatic N) is 5. The predicted molar refractivity (Wildman–Crippen MR) is 125 cm³/mol. The molecule has 0 unspecified atom stereocenters. The normalized spacial score (nSPS) is 17.7. The van der Waals surface area contributed by atoms with Gasteiger partial charge in [0.25, 0.3) is 0 Å². The van der Waals surface area contributed by atoms with E-state index in [0.717, 1.165) is 55.0 Å². The zero-order chi connectivity index (χ0) is 22.5. The number of fused-ring (bicyclic) bond motifs is 3. The maximum absolute atomic E-state index is 13.3. The number of nitrogens with one attached hydrogen (secondary N) is 1. The van der Waals surface area contributed by atoms with E-state index in [-0.39, 0.29) is 17.1 Å². The van der Waals surface area contributed by atoms with Crippen molar-refractivity contribution in [3.05, 3.63) is 52.8 Å². The molecule has 3 heterocycles. The molecule has 0 bridgehead atoms. The van der Waals surface area contributed by atoms with Gasteiger partial charge in [0, 0.05) is 50.0 Å². The summed E-state index contributed by atoms with van der Waals surface area (Å²) in [6.45, 7) is 8.45. The summed E-state index contributed by atoms with van der Waals surface area (Å²) in [5.41, 5.74) is 11.7. The molecule has 0 amide bonds. The summed E-state index contributed by atoms with van der Waals surface area (Å²) in [5, 5.41) is 7.48. The average Bonchev–Trinajstić information content (AvgIpc) is 3.23. The second kappa shape index (κ2) is 7.70. The molecule has 1 aliphatic heterocycles. The molecule has 1 aromatic carbocycles. The summed E-state index contributed by atoms with van der Waals surface area (Å²) in [7, 11) is 2.15. The van der Waals surface area contributed by atoms with E-state index >= 15 is 0 Å². The lowest BCUT2D eigenvalue weighted by Gasteiger charge is -2.34. The summed E-state index contributed by atoms with van der Waals surface area (Å²) >= 11 is 0. The molecule has 2 aliphatic rings. The molecule has 2 aromatic heterocycles. The predicted octanol–water partition coefficient (Wildman–Crippen LogP) is 2.46. The Morgan fingerprint density at radius 2 is 1.84 bits per heavy atom. The number of aromatic nitrogens is 4. The zero-order valence-electron chi connectivity index (χ0n) is 18.9. The van der Waals surface area contributed by atoms with Gasteiger partial charge in [0.2, 0.25) is 5.95 Å². The zero-order valence-corrected chi connectivity index (χ0v) is 18.9. The lowest BCUT2D eigenvalue weighted by molar-refractivity contribution is 0.0986. The van der Waals surface area contributed by atoms with Gasteiger partial charge in [-0.3, -0.25) is 9.89 Å². The molecule has 1 saturated heterocycles. The molecule has 8 nitrogen and oxygen atoms in total. The second-order valence-electron chi connectivity index (χ2n) is 9.54. The van der Waals surface area contributed by atoms with Crippen molar-refractivity contribution >= 4 is 17.4 Å². The molecule has 0 saturated carbocycles. The van der Waals surface area contributed by atoms with Crippen molar-refractivity contribution in [3.63, 3.8) is 0 Å². The standard InChI is InChI=1S/C24H29N7O/c1-24(2)13-16-14-26-23(25)27-20(16)22-19(24)21(28-29-22)18(32)12-15-4-6-17(7-5-15)31-10-8-30(3)9-11-31/h4-7,14H,8-13H2,1-3H3,(H,28,29)(H2,25,26,27). The van der Waals surface area contributed by atoms with Gasteiger partial charge in [-0.15, -0.1) is 0 Å². The van der Waals surface area contributed by atoms with Crippen LogP contribution in [0.1, 0.15) is 41.0 Å². The quantitative estimate of drug-likeness (QED) is 0.612. The largest absolute Gasteiger partial charge is 0.369 e. The van der Waals surface area contributed by atoms with Crippen molar-refractivity contribution < 1.29 is 4.79 Å². The minimum absolute atomic E-state index is 0.0321. The topological polar surface area (TPSA) is 104 Å². The van der Waals surface area contributed by atoms with Crippen LogP contribution in [0.3, 0.4) is 0 Å². The molecule has 1 fully saturated rings. The molecule has 1 aliphatic carbocycles. The Morgan fingerprint density at radius 3 is 2.56 bits per heavy atom. The number of Topliss-reactive ketones (excluding diaryl/α,β-unsaturated/α-hetero) is 1. The van der Waals surface area contributed by atoms with Gasteiger partial charge in [0.05, 0.1) is 5.69 Å². The van der Waals surface area contributed by atoms with Crippen LogP contribution in [-0.4, -0.2) is 64.1 Å². The highest BCUT2D eigenvalue weighted by atomic mass is 16.1. The van der Waals surface area contributed by atoms with Crippen LogP contribution in [0.2, 0.25) is 0 Å². The Hall–Kier alpha value is -3.26. The maximum Gasteiger partial charge on any atom is 0.220 e. The number of anilines is 2. The Labute approximate surface area is 187 Å². The number of hydrogen-bond donors (Lipinski definition) is 2. The Kier molecular flexibility index (Phi) is 4.97. The van der Waals surface area contributed by atoms with Crippen LogP contribution < -0.4 is 10.6 Å². The molecular formula is C24H29N7O. The van der Waals surface area contributed by atoms with Crippen LogP contribution in [0.15, 0.2) is 30.5 Å². The minimum atomic E-state index is -0.259. The van der Waals surface area contributed by atoms with Gasteiger partial charge in [0.15, 0.2) is 5.78 Å². The smallest absolute Gasteiger partial charge is 0.220 e. The van der Waals surface area contributed by atoms with E-state index in [9.17, 15) is 4.79 Å². The number of likely N-dealkylation sites (N-methyl/N-ethyl adjacent to an activating group) is 1. The van der Waals surface area contributed by atoms with Crippen LogP contribution in [-0.2, 0) is 18.3 Å². The number of carbonyl (C=O) groups excluding carboxylic acids is 1. The van der Waals surface area contributed by atoms with Crippen LogP contribution in [0, 0.1) is 0 Å². The number of nitrogen functional groups attached to an aromatic ring is 1. The molecule has 0 atom stereocenters. The molecule has 0 radical (unpaired) electrons. The molecule has 3 aromatic rings. The number of hydrogen-bond acceptors (Lipinski definition) is 7. The first-order chi connectivity index (χ1) is 15.3. The first-order valence-electron chi connectivity index (χ1n) is 11.1. The number of piperazine rings is 1. The van der Waals surface area contributed by atoms with Crippen molar-refractivity contribution in [2.45, 2.75) is 32.1 Å². The van der Waals surface area contributed by atoms with Crippen LogP contribution in [0.4, 0.5) is 11.6 Å². The number of aromatic amines is 1. The summed E-state index contributed by atoms with van der Waals surface area (Å²) in [6, 6.07) is 8.36. The number of benzene rings is 1. The van der Waals surface area contributed by atoms with E-state index in [1.165, 1.54) is 5.69 Å². The van der Waals surface area contributed by atoms with Crippen LogP contribution >= 0.6 is 0 Å². The fraction of sp³-hybridized carbons (Fsp3) is 0.417. The molecule has 8 heteroatoms. The molecule has 32 heavy (non-hydrogen) atoms. The van der Waals surface area contributed by atoms with Gasteiger partial charge in [-0.2, -0.15) is 5.10 Å². The minimum Gasteiger partial charge on any atom is -0.369 e. The third kappa shape index (κ3) is 3.64. The van der Waals surface area contributed by atoms with Crippen molar-refractivity contribution in [2.75, 3.05) is 43.9 Å². The van der Waals surface area contributed by atoms with Gasteiger partial charge < -0.3 is 15.5 Å². The highest BCUT2D eigenvalue weighted by Gasteiger charge is 2.38. The Morgan fingerprint density at radius 1 is 1.12 bits per heavy atom. The van der Waals surface area contributed by atoms with Gasteiger partial charge in [0.1, 0.15) is 11.4 Å². The van der Waals surface area contributed by atoms with E-state index in [0.29, 0.717) is 17.8 Å². The Bertz CT molecular complexity index is 1160. The van der Waals surface area contributed by atoms with E-state index in [2.05, 4.69) is 75.1 Å². The van der Waals surface area contributed by atoms with Gasteiger partial charge in [-0.05, 0) is 42.1 Å². The maximum atomic E-state index is 13.3. The highest BCUT2D eigenvalue weighted by molar-refractivity contribution is 5.99. The van der Waals surface area contributed by atoms with Gasteiger partial charge in [-0.1, -0.05) is 26.0 Å². The molecule has 5 rings (SSSR count). The Balaban J connectivity index is 1.38. The van der Waals surface area contributed by atoms with Crippen LogP contribution in [0.5, 0.6) is 0 Å². The van der Waals surface area contributed by atoms with E-state index in [1.54, 1.807) is 6.20 Å². The lowest BCUT2D eigenvalue weighted by atomic mass is 9.72. The summed E-state index contributed by atoms with van der Waals surface area (Å²) in [6.07, 6.45) is 2.82. The third-order valence-corrected chi connectivity index (χ3v) is 6.63. The SMILES string of the molecule is CN1CCN(c2ccc(CC(=O)c3[nH]nc4c3C(C)(C)Cc3cnc(N)nc3-4)cc2)CC1. The van der Waals surface area contributed by atoms with E-state index in [1.807, 2.05) is 0 Å². The second-order valence-corrected chi connectivity index (χ2v) is 9.54. The first kappa shape index (κ1) is 20.6.